The summed E-state index contributed by atoms with van der Waals surface area (Å²) < 4.78 is 6.69. The third kappa shape index (κ3) is 4.40. The summed E-state index contributed by atoms with van der Waals surface area (Å²) in [7, 11) is 0. The van der Waals surface area contributed by atoms with E-state index in [1.54, 1.807) is 24.2 Å². The molecule has 1 aromatic heterocycles. The fourth-order valence-electron chi connectivity index (χ4n) is 1.28. The Morgan fingerprint density at radius 1 is 1.06 bits per heavy atom. The Balaban J connectivity index is 1.71. The minimum absolute atomic E-state index is 0.703. The molecule has 0 saturated carbocycles. The topological polar surface area (TPSA) is 22.1 Å². The average molecular weight is 310 g/mol. The zero-order chi connectivity index (χ0) is 11.9. The molecule has 1 aromatic carbocycles. The van der Waals surface area contributed by atoms with Gasteiger partial charge in [0.2, 0.25) is 0 Å². The van der Waals surface area contributed by atoms with Gasteiger partial charge in [-0.15, -0.1) is 11.8 Å². The molecule has 88 valence electrons. The molecule has 0 radical (unpaired) electrons. The number of aromatic nitrogens is 1. The quantitative estimate of drug-likeness (QED) is 0.615. The van der Waals surface area contributed by atoms with Crippen molar-refractivity contribution in [2.75, 3.05) is 12.4 Å². The van der Waals surface area contributed by atoms with Gasteiger partial charge in [0.1, 0.15) is 5.75 Å². The highest BCUT2D eigenvalue weighted by Crippen LogP contribution is 2.18. The Bertz CT molecular complexity index is 447. The van der Waals surface area contributed by atoms with Crippen LogP contribution in [0, 0.1) is 0 Å². The normalized spacial score (nSPS) is 10.2. The van der Waals surface area contributed by atoms with E-state index in [1.807, 2.05) is 36.4 Å². The van der Waals surface area contributed by atoms with Crippen molar-refractivity contribution in [3.05, 3.63) is 53.3 Å². The molecule has 0 aliphatic heterocycles. The molecule has 0 aliphatic carbocycles. The monoisotopic (exact) mass is 309 g/mol. The molecule has 0 fully saturated rings. The van der Waals surface area contributed by atoms with Crippen LogP contribution in [0.3, 0.4) is 0 Å². The number of hydrogen-bond donors (Lipinski definition) is 0. The SMILES string of the molecule is Brc1ccc(OCCSc2ccncc2)cc1. The molecular weight excluding hydrogens is 298 g/mol. The number of ether oxygens (including phenoxy) is 1. The molecule has 0 bridgehead atoms. The summed E-state index contributed by atoms with van der Waals surface area (Å²) in [6.45, 7) is 0.703. The van der Waals surface area contributed by atoms with Crippen LogP contribution in [0.2, 0.25) is 0 Å². The molecule has 2 rings (SSSR count). The maximum absolute atomic E-state index is 5.63. The van der Waals surface area contributed by atoms with Gasteiger partial charge < -0.3 is 4.74 Å². The molecule has 17 heavy (non-hydrogen) atoms. The summed E-state index contributed by atoms with van der Waals surface area (Å²) in [5.74, 6) is 1.84. The molecule has 0 spiro atoms. The molecule has 2 aromatic rings. The van der Waals surface area contributed by atoms with Gasteiger partial charge in [0, 0.05) is 27.5 Å². The second-order valence-corrected chi connectivity index (χ2v) is 5.42. The Morgan fingerprint density at radius 2 is 1.76 bits per heavy atom. The summed E-state index contributed by atoms with van der Waals surface area (Å²) >= 11 is 5.16. The number of benzene rings is 1. The van der Waals surface area contributed by atoms with Crippen LogP contribution in [0.4, 0.5) is 0 Å². The third-order valence-corrected chi connectivity index (χ3v) is 3.59. The molecular formula is C13H12BrNOS. The number of thioether (sulfide) groups is 1. The van der Waals surface area contributed by atoms with Gasteiger partial charge in [0.05, 0.1) is 6.61 Å². The van der Waals surface area contributed by atoms with Crippen molar-refractivity contribution in [1.82, 2.24) is 4.98 Å². The van der Waals surface area contributed by atoms with Gasteiger partial charge in [-0.25, -0.2) is 0 Å². The van der Waals surface area contributed by atoms with E-state index in [4.69, 9.17) is 4.74 Å². The van der Waals surface area contributed by atoms with Crippen LogP contribution in [0.15, 0.2) is 58.2 Å². The molecule has 2 nitrogen and oxygen atoms in total. The third-order valence-electron chi connectivity index (χ3n) is 2.08. The number of pyridine rings is 1. The van der Waals surface area contributed by atoms with E-state index in [-0.39, 0.29) is 0 Å². The summed E-state index contributed by atoms with van der Waals surface area (Å²) in [6.07, 6.45) is 3.61. The second kappa shape index (κ2) is 6.67. The maximum Gasteiger partial charge on any atom is 0.119 e. The van der Waals surface area contributed by atoms with Crippen LogP contribution in [0.5, 0.6) is 5.75 Å². The van der Waals surface area contributed by atoms with E-state index in [0.717, 1.165) is 16.0 Å². The van der Waals surface area contributed by atoms with Crippen molar-refractivity contribution >= 4 is 27.7 Å². The zero-order valence-electron chi connectivity index (χ0n) is 9.17. The van der Waals surface area contributed by atoms with Crippen LogP contribution >= 0.6 is 27.7 Å². The predicted octanol–water partition coefficient (Wildman–Crippen LogP) is 4.02. The lowest BCUT2D eigenvalue weighted by Crippen LogP contribution is -1.99. The summed E-state index contributed by atoms with van der Waals surface area (Å²) in [5, 5.41) is 0. The summed E-state index contributed by atoms with van der Waals surface area (Å²) in [6, 6.07) is 11.9. The first-order chi connectivity index (χ1) is 8.34. The lowest BCUT2D eigenvalue weighted by molar-refractivity contribution is 0.344. The lowest BCUT2D eigenvalue weighted by Gasteiger charge is -2.05. The highest BCUT2D eigenvalue weighted by molar-refractivity contribution is 9.10. The molecule has 0 aliphatic rings. The Labute approximate surface area is 114 Å². The van der Waals surface area contributed by atoms with Crippen LogP contribution in [0.25, 0.3) is 0 Å². The molecule has 0 saturated heterocycles. The van der Waals surface area contributed by atoms with Gasteiger partial charge in [-0.1, -0.05) is 15.9 Å². The van der Waals surface area contributed by atoms with Crippen molar-refractivity contribution in [1.29, 1.82) is 0 Å². The first kappa shape index (κ1) is 12.5. The van der Waals surface area contributed by atoms with Gasteiger partial charge >= 0.3 is 0 Å². The van der Waals surface area contributed by atoms with Gasteiger partial charge in [0.25, 0.3) is 0 Å². The van der Waals surface area contributed by atoms with E-state index in [1.165, 1.54) is 4.90 Å². The van der Waals surface area contributed by atoms with E-state index >= 15 is 0 Å². The fourth-order valence-corrected chi connectivity index (χ4v) is 2.27. The zero-order valence-corrected chi connectivity index (χ0v) is 11.6. The Kier molecular flexibility index (Phi) is 4.88. The minimum atomic E-state index is 0.703. The Morgan fingerprint density at radius 3 is 2.47 bits per heavy atom. The average Bonchev–Trinajstić information content (AvgIpc) is 2.38. The number of nitrogens with zero attached hydrogens (tertiary/aromatic N) is 1. The molecule has 0 unspecified atom stereocenters. The minimum Gasteiger partial charge on any atom is -0.493 e. The van der Waals surface area contributed by atoms with E-state index < -0.39 is 0 Å². The molecule has 0 N–H and O–H groups in total. The van der Waals surface area contributed by atoms with Gasteiger partial charge in [0.15, 0.2) is 0 Å². The van der Waals surface area contributed by atoms with Gasteiger partial charge in [-0.2, -0.15) is 0 Å². The number of hydrogen-bond acceptors (Lipinski definition) is 3. The first-order valence-electron chi connectivity index (χ1n) is 5.26. The van der Waals surface area contributed by atoms with Crippen LogP contribution in [0.1, 0.15) is 0 Å². The maximum atomic E-state index is 5.63. The molecule has 0 atom stereocenters. The Hall–Kier alpha value is -1.00. The molecule has 1 heterocycles. The van der Waals surface area contributed by atoms with E-state index in [2.05, 4.69) is 20.9 Å². The lowest BCUT2D eigenvalue weighted by atomic mass is 10.3. The van der Waals surface area contributed by atoms with Gasteiger partial charge in [-0.3, -0.25) is 4.98 Å². The van der Waals surface area contributed by atoms with Crippen molar-refractivity contribution in [2.24, 2.45) is 0 Å². The first-order valence-corrected chi connectivity index (χ1v) is 7.03. The fraction of sp³-hybridized carbons (Fsp3) is 0.154. The standard InChI is InChI=1S/C13H12BrNOS/c14-11-1-3-12(4-2-11)16-9-10-17-13-5-7-15-8-6-13/h1-8H,9-10H2. The second-order valence-electron chi connectivity index (χ2n) is 3.33. The summed E-state index contributed by atoms with van der Waals surface area (Å²) in [5.41, 5.74) is 0. The van der Waals surface area contributed by atoms with Crippen molar-refractivity contribution in [3.63, 3.8) is 0 Å². The summed E-state index contributed by atoms with van der Waals surface area (Å²) in [4.78, 5) is 5.20. The van der Waals surface area contributed by atoms with Crippen LogP contribution < -0.4 is 4.74 Å². The number of rotatable bonds is 5. The van der Waals surface area contributed by atoms with Crippen LogP contribution in [-0.2, 0) is 0 Å². The smallest absolute Gasteiger partial charge is 0.119 e. The van der Waals surface area contributed by atoms with Crippen molar-refractivity contribution in [2.45, 2.75) is 4.90 Å². The highest BCUT2D eigenvalue weighted by Gasteiger charge is 1.95. The van der Waals surface area contributed by atoms with E-state index in [9.17, 15) is 0 Å². The van der Waals surface area contributed by atoms with E-state index in [0.29, 0.717) is 6.61 Å². The predicted molar refractivity (Wildman–Crippen MR) is 74.6 cm³/mol. The van der Waals surface area contributed by atoms with Crippen molar-refractivity contribution in [3.8, 4) is 5.75 Å². The van der Waals surface area contributed by atoms with Gasteiger partial charge in [-0.05, 0) is 36.4 Å². The van der Waals surface area contributed by atoms with Crippen molar-refractivity contribution < 1.29 is 4.74 Å². The largest absolute Gasteiger partial charge is 0.493 e. The molecule has 0 amide bonds. The highest BCUT2D eigenvalue weighted by atomic mass is 79.9. The van der Waals surface area contributed by atoms with Crippen LogP contribution in [-0.4, -0.2) is 17.3 Å². The molecule has 4 heteroatoms. The number of halogens is 1.